The Morgan fingerprint density at radius 1 is 1.16 bits per heavy atom. The minimum atomic E-state index is -3.08. The largest absolute Gasteiger partial charge is 0.387 e. The number of nitrogens with one attached hydrogen (secondary N) is 1. The van der Waals surface area contributed by atoms with Crippen LogP contribution in [-0.4, -0.2) is 26.3 Å². The number of oxime groups is 1. The van der Waals surface area contributed by atoms with Gasteiger partial charge < -0.3 is 10.2 Å². The molecule has 1 heterocycles. The summed E-state index contributed by atoms with van der Waals surface area (Å²) in [5.41, 5.74) is 2.55. The second-order valence-electron chi connectivity index (χ2n) is 5.97. The van der Waals surface area contributed by atoms with E-state index in [9.17, 15) is 13.2 Å². The molecule has 0 saturated heterocycles. The third kappa shape index (κ3) is 4.67. The van der Waals surface area contributed by atoms with Crippen molar-refractivity contribution in [2.45, 2.75) is 18.3 Å². The molecular formula is C18H18N2O4S. The molecule has 7 heteroatoms. The summed E-state index contributed by atoms with van der Waals surface area (Å²) in [5.74, 6) is -0.352. The van der Waals surface area contributed by atoms with Crippen LogP contribution >= 0.6 is 0 Å². The van der Waals surface area contributed by atoms with Crippen LogP contribution in [-0.2, 0) is 25.2 Å². The topological polar surface area (TPSA) is 84.8 Å². The van der Waals surface area contributed by atoms with Crippen LogP contribution in [0.5, 0.6) is 0 Å². The van der Waals surface area contributed by atoms with E-state index in [0.29, 0.717) is 23.4 Å². The molecule has 0 fully saturated rings. The van der Waals surface area contributed by atoms with Gasteiger partial charge in [0.25, 0.3) is 5.91 Å². The first kappa shape index (κ1) is 17.2. The number of nitrogens with zero attached hydrogens (tertiary/aromatic N) is 1. The molecule has 3 rings (SSSR count). The van der Waals surface area contributed by atoms with E-state index in [4.69, 9.17) is 4.84 Å². The van der Waals surface area contributed by atoms with Crippen molar-refractivity contribution in [1.29, 1.82) is 0 Å². The van der Waals surface area contributed by atoms with Gasteiger partial charge in [-0.15, -0.1) is 0 Å². The Hall–Kier alpha value is -2.67. The fraction of sp³-hybridized carbons (Fsp3) is 0.222. The minimum Gasteiger partial charge on any atom is -0.387 e. The van der Waals surface area contributed by atoms with Crippen LogP contribution in [0.4, 0.5) is 5.69 Å². The lowest BCUT2D eigenvalue weighted by molar-refractivity contribution is -0.110. The van der Waals surface area contributed by atoms with Crippen molar-refractivity contribution in [3.8, 4) is 0 Å². The van der Waals surface area contributed by atoms with Gasteiger partial charge in [0.1, 0.15) is 5.71 Å². The number of carbonyl (C=O) groups is 1. The van der Waals surface area contributed by atoms with Crippen LogP contribution < -0.4 is 5.32 Å². The van der Waals surface area contributed by atoms with E-state index in [0.717, 1.165) is 5.56 Å². The molecule has 25 heavy (non-hydrogen) atoms. The first-order valence-corrected chi connectivity index (χ1v) is 9.82. The zero-order chi connectivity index (χ0) is 17.9. The number of hydrogen-bond donors (Lipinski definition) is 1. The molecule has 1 aliphatic rings. The van der Waals surface area contributed by atoms with Crippen LogP contribution in [0.3, 0.4) is 0 Å². The third-order valence-electron chi connectivity index (χ3n) is 3.74. The number of benzene rings is 2. The highest BCUT2D eigenvalue weighted by Crippen LogP contribution is 2.27. The number of anilines is 1. The SMILES string of the molecule is CS(=O)(=O)Cc1ccc(NC(=O)C2=NO[C@H](c3ccccc3)C2)cc1. The minimum absolute atomic E-state index is 0.0273. The van der Waals surface area contributed by atoms with Crippen molar-refractivity contribution in [2.75, 3.05) is 11.6 Å². The van der Waals surface area contributed by atoms with E-state index in [1.807, 2.05) is 30.3 Å². The lowest BCUT2D eigenvalue weighted by Gasteiger charge is -2.08. The quantitative estimate of drug-likeness (QED) is 0.890. The Kier molecular flexibility index (Phi) is 4.85. The molecule has 2 aromatic rings. The van der Waals surface area contributed by atoms with Gasteiger partial charge in [-0.25, -0.2) is 8.42 Å². The van der Waals surface area contributed by atoms with E-state index in [1.165, 1.54) is 6.26 Å². The van der Waals surface area contributed by atoms with Crippen molar-refractivity contribution < 1.29 is 18.0 Å². The molecule has 1 aliphatic heterocycles. The summed E-state index contributed by atoms with van der Waals surface area (Å²) in [6.07, 6.45) is 1.34. The van der Waals surface area contributed by atoms with Gasteiger partial charge in [-0.05, 0) is 23.3 Å². The van der Waals surface area contributed by atoms with Crippen molar-refractivity contribution in [2.24, 2.45) is 5.16 Å². The second kappa shape index (κ2) is 7.06. The van der Waals surface area contributed by atoms with Gasteiger partial charge in [0.2, 0.25) is 0 Å². The highest BCUT2D eigenvalue weighted by molar-refractivity contribution is 7.89. The van der Waals surface area contributed by atoms with Crippen LogP contribution in [0.25, 0.3) is 0 Å². The van der Waals surface area contributed by atoms with Gasteiger partial charge in [0, 0.05) is 18.4 Å². The van der Waals surface area contributed by atoms with Crippen LogP contribution in [0.15, 0.2) is 59.8 Å². The van der Waals surface area contributed by atoms with Gasteiger partial charge in [0.05, 0.1) is 5.75 Å². The molecule has 2 aromatic carbocycles. The molecule has 0 aromatic heterocycles. The molecule has 0 spiro atoms. The van der Waals surface area contributed by atoms with Crippen molar-refractivity contribution in [3.05, 3.63) is 65.7 Å². The fourth-order valence-electron chi connectivity index (χ4n) is 2.55. The average molecular weight is 358 g/mol. The van der Waals surface area contributed by atoms with E-state index in [1.54, 1.807) is 24.3 Å². The van der Waals surface area contributed by atoms with Crippen molar-refractivity contribution in [1.82, 2.24) is 0 Å². The molecule has 0 aliphatic carbocycles. The number of carbonyl (C=O) groups excluding carboxylic acids is 1. The highest BCUT2D eigenvalue weighted by Gasteiger charge is 2.27. The first-order valence-electron chi connectivity index (χ1n) is 7.76. The molecule has 1 amide bonds. The van der Waals surface area contributed by atoms with E-state index < -0.39 is 9.84 Å². The predicted molar refractivity (Wildman–Crippen MR) is 95.9 cm³/mol. The number of rotatable bonds is 5. The van der Waals surface area contributed by atoms with Gasteiger partial charge >= 0.3 is 0 Å². The van der Waals surface area contributed by atoms with Crippen molar-refractivity contribution in [3.63, 3.8) is 0 Å². The molecule has 0 unspecified atom stereocenters. The molecule has 1 N–H and O–H groups in total. The summed E-state index contributed by atoms with van der Waals surface area (Å²) in [6.45, 7) is 0. The second-order valence-corrected chi connectivity index (χ2v) is 8.11. The van der Waals surface area contributed by atoms with E-state index in [2.05, 4.69) is 10.5 Å². The number of sulfone groups is 1. The maximum atomic E-state index is 12.3. The lowest BCUT2D eigenvalue weighted by Crippen LogP contribution is -2.21. The third-order valence-corrected chi connectivity index (χ3v) is 4.60. The van der Waals surface area contributed by atoms with Gasteiger partial charge in [-0.2, -0.15) is 0 Å². The Balaban J connectivity index is 1.59. The average Bonchev–Trinajstić information content (AvgIpc) is 3.06. The van der Waals surface area contributed by atoms with E-state index in [-0.39, 0.29) is 17.8 Å². The molecule has 0 bridgehead atoms. The van der Waals surface area contributed by atoms with Gasteiger partial charge in [0.15, 0.2) is 15.9 Å². The molecule has 0 radical (unpaired) electrons. The van der Waals surface area contributed by atoms with Crippen LogP contribution in [0.1, 0.15) is 23.7 Å². The van der Waals surface area contributed by atoms with Gasteiger partial charge in [-0.1, -0.05) is 47.6 Å². The summed E-state index contributed by atoms with van der Waals surface area (Å²) in [6, 6.07) is 16.3. The Bertz CT molecular complexity index is 890. The molecule has 130 valence electrons. The van der Waals surface area contributed by atoms with Crippen LogP contribution in [0, 0.1) is 0 Å². The smallest absolute Gasteiger partial charge is 0.273 e. The molecule has 1 atom stereocenters. The number of amides is 1. The van der Waals surface area contributed by atoms with Gasteiger partial charge in [-0.3, -0.25) is 4.79 Å². The normalized spacial score (nSPS) is 16.8. The number of hydrogen-bond acceptors (Lipinski definition) is 5. The Labute approximate surface area is 146 Å². The van der Waals surface area contributed by atoms with Crippen molar-refractivity contribution >= 4 is 27.1 Å². The Morgan fingerprint density at radius 2 is 1.84 bits per heavy atom. The predicted octanol–water partition coefficient (Wildman–Crippen LogP) is 2.69. The molecule has 0 saturated carbocycles. The highest BCUT2D eigenvalue weighted by atomic mass is 32.2. The monoisotopic (exact) mass is 358 g/mol. The summed E-state index contributed by atoms with van der Waals surface area (Å²) in [4.78, 5) is 17.6. The zero-order valence-corrected chi connectivity index (χ0v) is 14.5. The summed E-state index contributed by atoms with van der Waals surface area (Å²) < 4.78 is 22.6. The lowest BCUT2D eigenvalue weighted by atomic mass is 10.0. The van der Waals surface area contributed by atoms with Crippen LogP contribution in [0.2, 0.25) is 0 Å². The summed E-state index contributed by atoms with van der Waals surface area (Å²) in [7, 11) is -3.08. The zero-order valence-electron chi connectivity index (χ0n) is 13.7. The van der Waals surface area contributed by atoms with E-state index >= 15 is 0 Å². The molecular weight excluding hydrogens is 340 g/mol. The maximum Gasteiger partial charge on any atom is 0.273 e. The maximum absolute atomic E-state index is 12.3. The summed E-state index contributed by atoms with van der Waals surface area (Å²) in [5, 5.41) is 6.63. The first-order chi connectivity index (χ1) is 11.9. The standard InChI is InChI=1S/C18H18N2O4S/c1-25(22,23)12-13-7-9-15(10-8-13)19-18(21)16-11-17(24-20-16)14-5-3-2-4-6-14/h2-10,17H,11-12H2,1H3,(H,19,21)/t17-/m0/s1. The fourth-order valence-corrected chi connectivity index (χ4v) is 3.35. The molecule has 6 nitrogen and oxygen atoms in total. The summed E-state index contributed by atoms with van der Waals surface area (Å²) >= 11 is 0. The Morgan fingerprint density at radius 3 is 2.48 bits per heavy atom.